The number of rotatable bonds is 5. The van der Waals surface area contributed by atoms with Gasteiger partial charge in [0.15, 0.2) is 0 Å². The van der Waals surface area contributed by atoms with E-state index in [2.05, 4.69) is 4.74 Å². The van der Waals surface area contributed by atoms with E-state index in [1.165, 1.54) is 19.1 Å². The Morgan fingerprint density at radius 2 is 1.91 bits per heavy atom. The molecule has 0 aliphatic rings. The van der Waals surface area contributed by atoms with E-state index in [4.69, 9.17) is 23.2 Å². The molecule has 1 rings (SSSR count). The molecular weight excluding hydrogens is 346 g/mol. The Morgan fingerprint density at radius 1 is 1.27 bits per heavy atom. The first-order valence-corrected chi connectivity index (χ1v) is 6.86. The molecule has 0 heterocycles. The number of benzene rings is 1. The number of carbonyl (C=O) groups is 2. The molecule has 0 aliphatic carbocycles. The second-order valence-corrected chi connectivity index (χ2v) is 5.05. The molecule has 0 spiro atoms. The number of alkyl halides is 3. The Kier molecular flexibility index (Phi) is 6.49. The van der Waals surface area contributed by atoms with Gasteiger partial charge in [0.25, 0.3) is 5.91 Å². The van der Waals surface area contributed by atoms with Crippen molar-refractivity contribution in [2.24, 2.45) is 0 Å². The van der Waals surface area contributed by atoms with Crippen LogP contribution in [0.4, 0.5) is 13.2 Å². The molecule has 0 saturated carbocycles. The van der Waals surface area contributed by atoms with Crippen LogP contribution in [0.15, 0.2) is 18.2 Å². The van der Waals surface area contributed by atoms with Gasteiger partial charge in [0.1, 0.15) is 13.1 Å². The number of halogens is 5. The van der Waals surface area contributed by atoms with Crippen LogP contribution in [-0.2, 0) is 9.53 Å². The summed E-state index contributed by atoms with van der Waals surface area (Å²) in [5, 5.41) is 0.0706. The van der Waals surface area contributed by atoms with Gasteiger partial charge in [0.05, 0.1) is 17.2 Å². The zero-order chi connectivity index (χ0) is 16.9. The van der Waals surface area contributed by atoms with Crippen molar-refractivity contribution in [2.75, 3.05) is 19.7 Å². The third-order valence-corrected chi connectivity index (χ3v) is 3.01. The van der Waals surface area contributed by atoms with Gasteiger partial charge in [-0.15, -0.1) is 0 Å². The van der Waals surface area contributed by atoms with E-state index in [1.807, 2.05) is 0 Å². The average molecular weight is 358 g/mol. The molecule has 0 atom stereocenters. The van der Waals surface area contributed by atoms with Crippen molar-refractivity contribution in [2.45, 2.75) is 13.1 Å². The summed E-state index contributed by atoms with van der Waals surface area (Å²) >= 11 is 11.5. The van der Waals surface area contributed by atoms with Crippen molar-refractivity contribution in [3.8, 4) is 0 Å². The molecule has 0 radical (unpaired) electrons. The molecule has 0 fully saturated rings. The number of ether oxygens (including phenoxy) is 1. The lowest BCUT2D eigenvalue weighted by molar-refractivity contribution is -0.153. The third-order valence-electron chi connectivity index (χ3n) is 2.44. The van der Waals surface area contributed by atoms with Gasteiger partial charge in [0.2, 0.25) is 0 Å². The maximum atomic E-state index is 12.6. The number of hydrogen-bond acceptors (Lipinski definition) is 3. The SMILES string of the molecule is CCOC(=O)CN(CC(F)(F)F)C(=O)c1cc(Cl)ccc1Cl. The summed E-state index contributed by atoms with van der Waals surface area (Å²) in [6.07, 6.45) is -4.67. The van der Waals surface area contributed by atoms with E-state index in [9.17, 15) is 22.8 Å². The fourth-order valence-corrected chi connectivity index (χ4v) is 1.98. The molecule has 0 bridgehead atoms. The monoisotopic (exact) mass is 357 g/mol. The molecule has 1 aromatic rings. The highest BCUT2D eigenvalue weighted by atomic mass is 35.5. The van der Waals surface area contributed by atoms with Gasteiger partial charge in [-0.1, -0.05) is 23.2 Å². The smallest absolute Gasteiger partial charge is 0.406 e. The summed E-state index contributed by atoms with van der Waals surface area (Å²) < 4.78 is 42.3. The lowest BCUT2D eigenvalue weighted by Crippen LogP contribution is -2.42. The maximum absolute atomic E-state index is 12.6. The van der Waals surface area contributed by atoms with Crippen molar-refractivity contribution in [3.05, 3.63) is 33.8 Å². The zero-order valence-corrected chi connectivity index (χ0v) is 12.9. The predicted octanol–water partition coefficient (Wildman–Crippen LogP) is 3.56. The lowest BCUT2D eigenvalue weighted by atomic mass is 10.2. The van der Waals surface area contributed by atoms with E-state index >= 15 is 0 Å². The highest BCUT2D eigenvalue weighted by molar-refractivity contribution is 6.35. The van der Waals surface area contributed by atoms with Gasteiger partial charge in [0, 0.05) is 5.02 Å². The Hall–Kier alpha value is -1.47. The summed E-state index contributed by atoms with van der Waals surface area (Å²) in [6, 6.07) is 3.81. The van der Waals surface area contributed by atoms with Gasteiger partial charge in [-0.3, -0.25) is 9.59 Å². The Balaban J connectivity index is 3.05. The molecule has 0 saturated heterocycles. The van der Waals surface area contributed by atoms with Crippen LogP contribution in [0.2, 0.25) is 10.0 Å². The normalized spacial score (nSPS) is 11.2. The first kappa shape index (κ1) is 18.6. The third kappa shape index (κ3) is 5.73. The topological polar surface area (TPSA) is 46.6 Å². The van der Waals surface area contributed by atoms with Crippen molar-refractivity contribution in [1.82, 2.24) is 4.90 Å². The number of nitrogens with zero attached hydrogens (tertiary/aromatic N) is 1. The molecular formula is C13H12Cl2F3NO3. The Labute approximate surface area is 134 Å². The van der Waals surface area contributed by atoms with Gasteiger partial charge in [-0.25, -0.2) is 0 Å². The fraction of sp³-hybridized carbons (Fsp3) is 0.385. The minimum atomic E-state index is -4.67. The van der Waals surface area contributed by atoms with E-state index in [0.29, 0.717) is 4.90 Å². The summed E-state index contributed by atoms with van der Waals surface area (Å²) in [5.74, 6) is -2.00. The van der Waals surface area contributed by atoms with Crippen molar-refractivity contribution in [1.29, 1.82) is 0 Å². The largest absolute Gasteiger partial charge is 0.465 e. The van der Waals surface area contributed by atoms with Gasteiger partial charge in [-0.05, 0) is 25.1 Å². The van der Waals surface area contributed by atoms with E-state index in [0.717, 1.165) is 6.07 Å². The molecule has 22 heavy (non-hydrogen) atoms. The second kappa shape index (κ2) is 7.69. The van der Waals surface area contributed by atoms with Crippen LogP contribution in [0.3, 0.4) is 0 Å². The van der Waals surface area contributed by atoms with Gasteiger partial charge < -0.3 is 9.64 Å². The highest BCUT2D eigenvalue weighted by Gasteiger charge is 2.35. The van der Waals surface area contributed by atoms with Crippen LogP contribution in [0.25, 0.3) is 0 Å². The first-order valence-electron chi connectivity index (χ1n) is 6.10. The van der Waals surface area contributed by atoms with Crippen LogP contribution in [0.5, 0.6) is 0 Å². The van der Waals surface area contributed by atoms with E-state index in [-0.39, 0.29) is 22.2 Å². The van der Waals surface area contributed by atoms with Gasteiger partial charge >= 0.3 is 12.1 Å². The number of esters is 1. The van der Waals surface area contributed by atoms with Crippen molar-refractivity contribution < 1.29 is 27.5 Å². The lowest BCUT2D eigenvalue weighted by Gasteiger charge is -2.23. The molecule has 0 unspecified atom stereocenters. The zero-order valence-electron chi connectivity index (χ0n) is 11.4. The maximum Gasteiger partial charge on any atom is 0.406 e. The van der Waals surface area contributed by atoms with Crippen LogP contribution in [0.1, 0.15) is 17.3 Å². The molecule has 1 amide bonds. The van der Waals surface area contributed by atoms with Crippen LogP contribution in [0, 0.1) is 0 Å². The number of hydrogen-bond donors (Lipinski definition) is 0. The minimum Gasteiger partial charge on any atom is -0.465 e. The molecule has 9 heteroatoms. The Bertz CT molecular complexity index is 564. The molecule has 1 aromatic carbocycles. The van der Waals surface area contributed by atoms with Crippen LogP contribution < -0.4 is 0 Å². The molecule has 0 aliphatic heterocycles. The highest BCUT2D eigenvalue weighted by Crippen LogP contribution is 2.24. The minimum absolute atomic E-state index is 0.00912. The van der Waals surface area contributed by atoms with E-state index < -0.39 is 31.1 Å². The van der Waals surface area contributed by atoms with E-state index in [1.54, 1.807) is 0 Å². The van der Waals surface area contributed by atoms with Crippen molar-refractivity contribution in [3.63, 3.8) is 0 Å². The summed E-state index contributed by atoms with van der Waals surface area (Å²) in [4.78, 5) is 23.9. The number of carbonyl (C=O) groups excluding carboxylic acids is 2. The van der Waals surface area contributed by atoms with Gasteiger partial charge in [-0.2, -0.15) is 13.2 Å². The first-order chi connectivity index (χ1) is 10.1. The molecule has 122 valence electrons. The standard InChI is InChI=1S/C13H12Cl2F3NO3/c1-2-22-11(20)6-19(7-13(16,17)18)12(21)9-5-8(14)3-4-10(9)15/h3-5H,2,6-7H2,1H3. The quantitative estimate of drug-likeness (QED) is 0.757. The average Bonchev–Trinajstić information content (AvgIpc) is 2.38. The summed E-state index contributed by atoms with van der Waals surface area (Å²) in [5.41, 5.74) is -0.220. The molecule has 4 nitrogen and oxygen atoms in total. The summed E-state index contributed by atoms with van der Waals surface area (Å²) in [7, 11) is 0. The number of amides is 1. The molecule has 0 N–H and O–H groups in total. The second-order valence-electron chi connectivity index (χ2n) is 4.21. The fourth-order valence-electron chi connectivity index (χ4n) is 1.61. The molecule has 0 aromatic heterocycles. The van der Waals surface area contributed by atoms with Crippen LogP contribution in [-0.4, -0.2) is 42.6 Å². The summed E-state index contributed by atoms with van der Waals surface area (Å²) in [6.45, 7) is -0.949. The van der Waals surface area contributed by atoms with Crippen molar-refractivity contribution >= 4 is 35.1 Å². The Morgan fingerprint density at radius 3 is 2.45 bits per heavy atom. The predicted molar refractivity (Wildman–Crippen MR) is 75.1 cm³/mol. The van der Waals surface area contributed by atoms with Crippen LogP contribution >= 0.6 is 23.2 Å².